The summed E-state index contributed by atoms with van der Waals surface area (Å²) >= 11 is 0. The van der Waals surface area contributed by atoms with Crippen LogP contribution in [0.3, 0.4) is 0 Å². The summed E-state index contributed by atoms with van der Waals surface area (Å²) in [7, 11) is 5.79. The smallest absolute Gasteiger partial charge is 0.129 e. The topological polar surface area (TPSA) is 29.5 Å². The molecule has 106 valence electrons. The Hall–Kier alpha value is -1.35. The first-order valence-corrected chi connectivity index (χ1v) is 6.67. The summed E-state index contributed by atoms with van der Waals surface area (Å²) in [5.41, 5.74) is 3.61. The van der Waals surface area contributed by atoms with E-state index in [-0.39, 0.29) is 11.8 Å². The molecule has 0 aromatic heterocycles. The van der Waals surface area contributed by atoms with Crippen molar-refractivity contribution in [1.82, 2.24) is 4.90 Å². The third kappa shape index (κ3) is 4.06. The molecule has 19 heavy (non-hydrogen) atoms. The van der Waals surface area contributed by atoms with Crippen molar-refractivity contribution in [2.75, 3.05) is 21.2 Å². The normalized spacial score (nSPS) is 12.6. The fraction of sp³-hybridized carbons (Fsp3) is 0.562. The monoisotopic (exact) mass is 263 g/mol. The van der Waals surface area contributed by atoms with Gasteiger partial charge in [0.2, 0.25) is 0 Å². The van der Waals surface area contributed by atoms with Gasteiger partial charge in [0, 0.05) is 18.0 Å². The lowest BCUT2D eigenvalue weighted by Crippen LogP contribution is -2.22. The van der Waals surface area contributed by atoms with Crippen molar-refractivity contribution in [2.45, 2.75) is 39.7 Å². The van der Waals surface area contributed by atoms with Crippen LogP contribution in [0.5, 0.6) is 5.75 Å². The number of hydrogen-bond acceptors (Lipinski definition) is 3. The maximum absolute atomic E-state index is 11.2. The Balaban J connectivity index is 3.18. The Morgan fingerprint density at radius 2 is 1.95 bits per heavy atom. The van der Waals surface area contributed by atoms with E-state index in [0.717, 1.165) is 12.2 Å². The van der Waals surface area contributed by atoms with E-state index in [4.69, 9.17) is 4.74 Å². The molecule has 1 atom stereocenters. The van der Waals surface area contributed by atoms with E-state index in [1.165, 1.54) is 16.7 Å². The van der Waals surface area contributed by atoms with Gasteiger partial charge in [0.15, 0.2) is 0 Å². The van der Waals surface area contributed by atoms with Gasteiger partial charge in [-0.15, -0.1) is 0 Å². The predicted molar refractivity (Wildman–Crippen MR) is 78.8 cm³/mol. The second kappa shape index (κ2) is 6.71. The van der Waals surface area contributed by atoms with Crippen LogP contribution in [0.15, 0.2) is 12.1 Å². The molecule has 0 saturated heterocycles. The van der Waals surface area contributed by atoms with Crippen LogP contribution >= 0.6 is 0 Å². The van der Waals surface area contributed by atoms with Gasteiger partial charge >= 0.3 is 0 Å². The average molecular weight is 263 g/mol. The first-order chi connectivity index (χ1) is 8.86. The summed E-state index contributed by atoms with van der Waals surface area (Å²) in [6.07, 6.45) is 1.42. The Labute approximate surface area is 116 Å². The van der Waals surface area contributed by atoms with Crippen molar-refractivity contribution in [3.63, 3.8) is 0 Å². The highest BCUT2D eigenvalue weighted by atomic mass is 16.5. The minimum atomic E-state index is 0.208. The number of rotatable bonds is 6. The van der Waals surface area contributed by atoms with Crippen LogP contribution in [0.25, 0.3) is 0 Å². The van der Waals surface area contributed by atoms with Crippen LogP contribution in [-0.2, 0) is 4.79 Å². The van der Waals surface area contributed by atoms with Gasteiger partial charge in [-0.3, -0.25) is 0 Å². The molecule has 0 bridgehead atoms. The zero-order valence-electron chi connectivity index (χ0n) is 12.9. The molecule has 0 amide bonds. The summed E-state index contributed by atoms with van der Waals surface area (Å²) in [6.45, 7) is 5.82. The molecule has 1 aromatic rings. The summed E-state index contributed by atoms with van der Waals surface area (Å²) in [5, 5.41) is 0. The van der Waals surface area contributed by atoms with Crippen LogP contribution in [0.1, 0.15) is 42.5 Å². The molecular weight excluding hydrogens is 238 g/mol. The zero-order chi connectivity index (χ0) is 14.6. The number of hydrogen-bond donors (Lipinski definition) is 0. The lowest BCUT2D eigenvalue weighted by Gasteiger charge is -2.28. The molecule has 1 rings (SSSR count). The second-order valence-electron chi connectivity index (χ2n) is 5.42. The van der Waals surface area contributed by atoms with E-state index in [9.17, 15) is 4.79 Å². The maximum atomic E-state index is 11.2. The van der Waals surface area contributed by atoms with Crippen molar-refractivity contribution < 1.29 is 9.53 Å². The highest BCUT2D eigenvalue weighted by molar-refractivity contribution is 5.75. The van der Waals surface area contributed by atoms with E-state index in [2.05, 4.69) is 30.9 Å². The van der Waals surface area contributed by atoms with E-state index in [1.54, 1.807) is 14.0 Å². The number of ketones is 1. The standard InChI is InChI=1S/C16H25NO2/c1-11-9-12(2)16(15(10-11)19-6)14(17(4)5)8-7-13(3)18/h9-10,14H,7-8H2,1-6H3. The zero-order valence-corrected chi connectivity index (χ0v) is 12.9. The fourth-order valence-electron chi connectivity index (χ4n) is 2.54. The Morgan fingerprint density at radius 1 is 1.32 bits per heavy atom. The van der Waals surface area contributed by atoms with Gasteiger partial charge in [-0.05, 0) is 58.5 Å². The van der Waals surface area contributed by atoms with Crippen LogP contribution in [-0.4, -0.2) is 31.9 Å². The molecular formula is C16H25NO2. The number of benzene rings is 1. The minimum absolute atomic E-state index is 0.208. The molecule has 0 spiro atoms. The first-order valence-electron chi connectivity index (χ1n) is 6.67. The molecule has 3 heteroatoms. The van der Waals surface area contributed by atoms with Crippen molar-refractivity contribution in [3.05, 3.63) is 28.8 Å². The Morgan fingerprint density at radius 3 is 2.42 bits per heavy atom. The molecule has 0 N–H and O–H groups in total. The average Bonchev–Trinajstić information content (AvgIpc) is 2.30. The quantitative estimate of drug-likeness (QED) is 0.789. The fourth-order valence-corrected chi connectivity index (χ4v) is 2.54. The van der Waals surface area contributed by atoms with Crippen molar-refractivity contribution >= 4 is 5.78 Å². The summed E-state index contributed by atoms with van der Waals surface area (Å²) < 4.78 is 5.53. The van der Waals surface area contributed by atoms with Crippen molar-refractivity contribution in [1.29, 1.82) is 0 Å². The van der Waals surface area contributed by atoms with Crippen molar-refractivity contribution in [3.8, 4) is 5.75 Å². The van der Waals surface area contributed by atoms with Crippen LogP contribution < -0.4 is 4.74 Å². The molecule has 0 aliphatic rings. The Kier molecular flexibility index (Phi) is 5.55. The van der Waals surface area contributed by atoms with Crippen LogP contribution in [0.4, 0.5) is 0 Å². The lowest BCUT2D eigenvalue weighted by atomic mass is 9.93. The SMILES string of the molecule is COc1cc(C)cc(C)c1C(CCC(C)=O)N(C)C. The van der Waals surface area contributed by atoms with Crippen molar-refractivity contribution in [2.24, 2.45) is 0 Å². The molecule has 0 aliphatic carbocycles. The third-order valence-electron chi connectivity index (χ3n) is 3.44. The van der Waals surface area contributed by atoms with Gasteiger partial charge in [0.1, 0.15) is 11.5 Å². The van der Waals surface area contributed by atoms with Gasteiger partial charge in [0.25, 0.3) is 0 Å². The van der Waals surface area contributed by atoms with E-state index in [1.807, 2.05) is 14.1 Å². The highest BCUT2D eigenvalue weighted by Crippen LogP contribution is 2.35. The number of ether oxygens (including phenoxy) is 1. The molecule has 3 nitrogen and oxygen atoms in total. The summed E-state index contributed by atoms with van der Waals surface area (Å²) in [6, 6.07) is 4.44. The number of carbonyl (C=O) groups excluding carboxylic acids is 1. The highest BCUT2D eigenvalue weighted by Gasteiger charge is 2.21. The van der Waals surface area contributed by atoms with Gasteiger partial charge in [-0.25, -0.2) is 0 Å². The number of Topliss-reactive ketones (excluding diaryl/α,β-unsaturated/α-hetero) is 1. The molecule has 0 radical (unpaired) electrons. The lowest BCUT2D eigenvalue weighted by molar-refractivity contribution is -0.117. The molecule has 1 unspecified atom stereocenters. The predicted octanol–water partition coefficient (Wildman–Crippen LogP) is 3.28. The molecule has 0 fully saturated rings. The Bertz CT molecular complexity index is 452. The largest absolute Gasteiger partial charge is 0.496 e. The number of nitrogens with zero attached hydrogens (tertiary/aromatic N) is 1. The number of methoxy groups -OCH3 is 1. The molecule has 0 saturated carbocycles. The molecule has 0 heterocycles. The second-order valence-corrected chi connectivity index (χ2v) is 5.42. The van der Waals surface area contributed by atoms with Gasteiger partial charge < -0.3 is 14.4 Å². The molecule has 0 aliphatic heterocycles. The van der Waals surface area contributed by atoms with E-state index < -0.39 is 0 Å². The van der Waals surface area contributed by atoms with Gasteiger partial charge in [0.05, 0.1) is 7.11 Å². The van der Waals surface area contributed by atoms with Gasteiger partial charge in [-0.2, -0.15) is 0 Å². The first kappa shape index (κ1) is 15.7. The molecule has 1 aromatic carbocycles. The summed E-state index contributed by atoms with van der Waals surface area (Å²) in [4.78, 5) is 13.4. The third-order valence-corrected chi connectivity index (χ3v) is 3.44. The van der Waals surface area contributed by atoms with E-state index >= 15 is 0 Å². The number of carbonyl (C=O) groups is 1. The maximum Gasteiger partial charge on any atom is 0.129 e. The number of aryl methyl sites for hydroxylation is 2. The summed E-state index contributed by atoms with van der Waals surface area (Å²) in [5.74, 6) is 1.15. The minimum Gasteiger partial charge on any atom is -0.496 e. The van der Waals surface area contributed by atoms with Crippen LogP contribution in [0, 0.1) is 13.8 Å². The van der Waals surface area contributed by atoms with E-state index in [0.29, 0.717) is 6.42 Å². The van der Waals surface area contributed by atoms with Crippen LogP contribution in [0.2, 0.25) is 0 Å². The van der Waals surface area contributed by atoms with Gasteiger partial charge in [-0.1, -0.05) is 6.07 Å².